The lowest BCUT2D eigenvalue weighted by Crippen LogP contribution is -2.05. The Hall–Kier alpha value is -0.910. The molecule has 6 heteroatoms. The fourth-order valence-corrected chi connectivity index (χ4v) is 2.61. The molecule has 2 aromatic rings. The van der Waals surface area contributed by atoms with Gasteiger partial charge in [-0.05, 0) is 35.0 Å². The fraction of sp³-hybridized carbons (Fsp3) is 0.333. The summed E-state index contributed by atoms with van der Waals surface area (Å²) in [6.07, 6.45) is 1.34. The third-order valence-electron chi connectivity index (χ3n) is 2.77. The Morgan fingerprint density at radius 1 is 1.56 bits per heavy atom. The van der Waals surface area contributed by atoms with Gasteiger partial charge >= 0.3 is 0 Å². The van der Waals surface area contributed by atoms with Gasteiger partial charge in [-0.25, -0.2) is 0 Å². The molecule has 0 saturated heterocycles. The van der Waals surface area contributed by atoms with Gasteiger partial charge < -0.3 is 5.11 Å². The maximum absolute atomic E-state index is 10.2. The number of pyridine rings is 1. The minimum absolute atomic E-state index is 0.397. The summed E-state index contributed by atoms with van der Waals surface area (Å²) in [6.45, 7) is 1.88. The predicted molar refractivity (Wildman–Crippen MR) is 73.6 cm³/mol. The first-order valence-corrected chi connectivity index (χ1v) is 6.64. The van der Waals surface area contributed by atoms with Crippen LogP contribution < -0.4 is 0 Å². The minimum Gasteiger partial charge on any atom is -0.386 e. The number of aliphatic hydroxyl groups is 1. The molecule has 96 valence electrons. The van der Waals surface area contributed by atoms with E-state index in [2.05, 4.69) is 26.0 Å². The van der Waals surface area contributed by atoms with Crippen LogP contribution in [0.25, 0.3) is 0 Å². The van der Waals surface area contributed by atoms with E-state index >= 15 is 0 Å². The molecule has 18 heavy (non-hydrogen) atoms. The van der Waals surface area contributed by atoms with Gasteiger partial charge in [0.05, 0.1) is 11.4 Å². The third kappa shape index (κ3) is 2.58. The Balaban J connectivity index is 2.27. The molecule has 0 fully saturated rings. The van der Waals surface area contributed by atoms with Crippen molar-refractivity contribution in [2.24, 2.45) is 7.05 Å². The first-order chi connectivity index (χ1) is 8.50. The molecule has 1 atom stereocenters. The molecule has 0 spiro atoms. The van der Waals surface area contributed by atoms with Crippen molar-refractivity contribution in [2.75, 3.05) is 0 Å². The van der Waals surface area contributed by atoms with E-state index in [0.717, 1.165) is 15.7 Å². The predicted octanol–water partition coefficient (Wildman–Crippen LogP) is 2.82. The number of aromatic nitrogens is 3. The quantitative estimate of drug-likeness (QED) is 0.941. The van der Waals surface area contributed by atoms with Crippen LogP contribution >= 0.6 is 27.5 Å². The topological polar surface area (TPSA) is 50.9 Å². The van der Waals surface area contributed by atoms with Gasteiger partial charge in [-0.2, -0.15) is 5.10 Å². The minimum atomic E-state index is -0.707. The molecule has 0 aromatic carbocycles. The first-order valence-electron chi connectivity index (χ1n) is 5.47. The molecule has 0 aliphatic rings. The summed E-state index contributed by atoms with van der Waals surface area (Å²) in [6, 6.07) is 3.66. The van der Waals surface area contributed by atoms with E-state index in [1.54, 1.807) is 17.9 Å². The van der Waals surface area contributed by atoms with Gasteiger partial charge in [-0.15, -0.1) is 0 Å². The Labute approximate surface area is 119 Å². The molecular formula is C12H13BrClN3O. The van der Waals surface area contributed by atoms with Crippen LogP contribution in [0.5, 0.6) is 0 Å². The maximum Gasteiger partial charge on any atom is 0.130 e. The zero-order chi connectivity index (χ0) is 13.3. The van der Waals surface area contributed by atoms with E-state index in [9.17, 15) is 5.11 Å². The summed E-state index contributed by atoms with van der Waals surface area (Å²) in [7, 11) is 1.78. The summed E-state index contributed by atoms with van der Waals surface area (Å²) in [5.74, 6) is 0. The first kappa shape index (κ1) is 13.5. The Kier molecular flexibility index (Phi) is 4.04. The van der Waals surface area contributed by atoms with E-state index in [4.69, 9.17) is 11.6 Å². The molecule has 0 aliphatic carbocycles. The number of hydrogen-bond acceptors (Lipinski definition) is 3. The summed E-state index contributed by atoms with van der Waals surface area (Å²) in [5, 5.41) is 15.0. The maximum atomic E-state index is 10.2. The lowest BCUT2D eigenvalue weighted by atomic mass is 10.1. The Morgan fingerprint density at radius 2 is 2.28 bits per heavy atom. The van der Waals surface area contributed by atoms with Crippen molar-refractivity contribution in [1.29, 1.82) is 0 Å². The highest BCUT2D eigenvalue weighted by Gasteiger charge is 2.19. The highest BCUT2D eigenvalue weighted by atomic mass is 79.9. The Bertz CT molecular complexity index is 570. The molecule has 4 nitrogen and oxygen atoms in total. The zero-order valence-electron chi connectivity index (χ0n) is 10.1. The molecule has 2 aromatic heterocycles. The number of aryl methyl sites for hydroxylation is 2. The van der Waals surface area contributed by atoms with Crippen LogP contribution in [-0.4, -0.2) is 19.9 Å². The summed E-state index contributed by atoms with van der Waals surface area (Å²) in [5.41, 5.74) is 2.29. The van der Waals surface area contributed by atoms with Gasteiger partial charge in [0.2, 0.25) is 0 Å². The van der Waals surface area contributed by atoms with Gasteiger partial charge in [-0.1, -0.05) is 11.6 Å². The number of halogens is 2. The summed E-state index contributed by atoms with van der Waals surface area (Å²) < 4.78 is 2.39. The molecular weight excluding hydrogens is 318 g/mol. The van der Waals surface area contributed by atoms with Crippen LogP contribution in [0.4, 0.5) is 0 Å². The van der Waals surface area contributed by atoms with Gasteiger partial charge in [0.25, 0.3) is 0 Å². The smallest absolute Gasteiger partial charge is 0.130 e. The van der Waals surface area contributed by atoms with Crippen LogP contribution in [0.15, 0.2) is 22.8 Å². The standard InChI is InChI=1S/C12H13BrClN3O/c1-7-8(12(14)17(2)16-7)6-10(18)11-9(13)4-3-5-15-11/h3-5,10,18H,6H2,1-2H3. The number of aliphatic hydroxyl groups excluding tert-OH is 1. The SMILES string of the molecule is Cc1nn(C)c(Cl)c1CC(O)c1ncccc1Br. The molecule has 0 saturated carbocycles. The number of hydrogen-bond donors (Lipinski definition) is 1. The van der Waals surface area contributed by atoms with Gasteiger partial charge in [-0.3, -0.25) is 9.67 Å². The lowest BCUT2D eigenvalue weighted by Gasteiger charge is -2.11. The van der Waals surface area contributed by atoms with Crippen molar-refractivity contribution in [3.05, 3.63) is 44.9 Å². The molecule has 0 amide bonds. The van der Waals surface area contributed by atoms with Crippen molar-refractivity contribution in [3.63, 3.8) is 0 Å². The van der Waals surface area contributed by atoms with Crippen molar-refractivity contribution < 1.29 is 5.11 Å². The molecule has 2 rings (SSSR count). The van der Waals surface area contributed by atoms with E-state index < -0.39 is 6.10 Å². The van der Waals surface area contributed by atoms with Crippen molar-refractivity contribution in [3.8, 4) is 0 Å². The van der Waals surface area contributed by atoms with E-state index in [0.29, 0.717) is 17.3 Å². The largest absolute Gasteiger partial charge is 0.386 e. The molecule has 0 bridgehead atoms. The van der Waals surface area contributed by atoms with Crippen LogP contribution in [-0.2, 0) is 13.5 Å². The molecule has 0 aliphatic heterocycles. The second-order valence-corrected chi connectivity index (χ2v) is 5.28. The second-order valence-electron chi connectivity index (χ2n) is 4.07. The zero-order valence-corrected chi connectivity index (χ0v) is 12.4. The second kappa shape index (κ2) is 5.38. The highest BCUT2D eigenvalue weighted by molar-refractivity contribution is 9.10. The van der Waals surface area contributed by atoms with Gasteiger partial charge in [0, 0.05) is 29.7 Å². The molecule has 0 radical (unpaired) electrons. The summed E-state index contributed by atoms with van der Waals surface area (Å²) >= 11 is 9.52. The van der Waals surface area contributed by atoms with Crippen LogP contribution in [0, 0.1) is 6.92 Å². The van der Waals surface area contributed by atoms with Crippen LogP contribution in [0.2, 0.25) is 5.15 Å². The van der Waals surface area contributed by atoms with Gasteiger partial charge in [0.1, 0.15) is 11.3 Å². The molecule has 1 N–H and O–H groups in total. The van der Waals surface area contributed by atoms with Crippen molar-refractivity contribution in [1.82, 2.24) is 14.8 Å². The number of nitrogens with zero attached hydrogens (tertiary/aromatic N) is 3. The number of rotatable bonds is 3. The van der Waals surface area contributed by atoms with Gasteiger partial charge in [0.15, 0.2) is 0 Å². The summed E-state index contributed by atoms with van der Waals surface area (Å²) in [4.78, 5) is 4.17. The third-order valence-corrected chi connectivity index (χ3v) is 3.91. The van der Waals surface area contributed by atoms with Crippen molar-refractivity contribution >= 4 is 27.5 Å². The molecule has 1 unspecified atom stereocenters. The Morgan fingerprint density at radius 3 is 2.83 bits per heavy atom. The van der Waals surface area contributed by atoms with E-state index in [-0.39, 0.29) is 0 Å². The lowest BCUT2D eigenvalue weighted by molar-refractivity contribution is 0.172. The van der Waals surface area contributed by atoms with E-state index in [1.807, 2.05) is 19.1 Å². The normalized spacial score (nSPS) is 12.7. The monoisotopic (exact) mass is 329 g/mol. The van der Waals surface area contributed by atoms with Crippen LogP contribution in [0.3, 0.4) is 0 Å². The van der Waals surface area contributed by atoms with Crippen LogP contribution in [0.1, 0.15) is 23.1 Å². The van der Waals surface area contributed by atoms with E-state index in [1.165, 1.54) is 0 Å². The average Bonchev–Trinajstić information content (AvgIpc) is 2.56. The fourth-order valence-electron chi connectivity index (χ4n) is 1.84. The molecule has 2 heterocycles. The highest BCUT2D eigenvalue weighted by Crippen LogP contribution is 2.28. The van der Waals surface area contributed by atoms with Crippen molar-refractivity contribution in [2.45, 2.75) is 19.4 Å². The average molecular weight is 331 g/mol.